The zero-order chi connectivity index (χ0) is 24.5. The molecular formula is C27H28O7. The Hall–Kier alpha value is -4.13. The highest BCUT2D eigenvalue weighted by molar-refractivity contribution is 6.11. The van der Waals surface area contributed by atoms with Crippen molar-refractivity contribution in [3.05, 3.63) is 77.4 Å². The van der Waals surface area contributed by atoms with E-state index in [4.69, 9.17) is 28.4 Å². The van der Waals surface area contributed by atoms with Crippen LogP contribution in [-0.2, 0) is 6.61 Å². The number of ether oxygens (including phenoxy) is 6. The normalized spacial score (nSPS) is 10.6. The van der Waals surface area contributed by atoms with Crippen molar-refractivity contribution in [3.63, 3.8) is 0 Å². The minimum atomic E-state index is -0.323. The quantitative estimate of drug-likeness (QED) is 0.285. The van der Waals surface area contributed by atoms with Crippen molar-refractivity contribution in [1.82, 2.24) is 0 Å². The molecule has 178 valence electrons. The van der Waals surface area contributed by atoms with Crippen LogP contribution in [0.4, 0.5) is 0 Å². The Labute approximate surface area is 199 Å². The molecular weight excluding hydrogens is 436 g/mol. The molecule has 0 aliphatic heterocycles. The van der Waals surface area contributed by atoms with Gasteiger partial charge in [-0.25, -0.2) is 0 Å². The van der Waals surface area contributed by atoms with Crippen molar-refractivity contribution in [2.75, 3.05) is 35.5 Å². The van der Waals surface area contributed by atoms with Crippen LogP contribution < -0.4 is 28.4 Å². The molecule has 0 atom stereocenters. The number of methoxy groups -OCH3 is 5. The van der Waals surface area contributed by atoms with Crippen LogP contribution >= 0.6 is 0 Å². The molecule has 0 unspecified atom stereocenters. The van der Waals surface area contributed by atoms with Gasteiger partial charge in [0.15, 0.2) is 28.8 Å². The second-order valence-electron chi connectivity index (χ2n) is 7.10. The van der Waals surface area contributed by atoms with Crippen LogP contribution in [0.2, 0.25) is 0 Å². The number of ketones is 1. The van der Waals surface area contributed by atoms with E-state index in [1.54, 1.807) is 38.5 Å². The third-order valence-electron chi connectivity index (χ3n) is 5.11. The van der Waals surface area contributed by atoms with Gasteiger partial charge in [0.25, 0.3) is 0 Å². The maximum atomic E-state index is 13.4. The summed E-state index contributed by atoms with van der Waals surface area (Å²) in [6.45, 7) is 0.263. The predicted octanol–water partition coefficient (Wildman–Crippen LogP) is 5.20. The summed E-state index contributed by atoms with van der Waals surface area (Å²) in [5, 5.41) is 0. The Morgan fingerprint density at radius 1 is 0.706 bits per heavy atom. The third kappa shape index (κ3) is 5.43. The molecule has 0 aliphatic rings. The van der Waals surface area contributed by atoms with Crippen LogP contribution in [0.15, 0.2) is 60.7 Å². The highest BCUT2D eigenvalue weighted by Crippen LogP contribution is 2.45. The van der Waals surface area contributed by atoms with Gasteiger partial charge in [-0.1, -0.05) is 42.5 Å². The molecule has 34 heavy (non-hydrogen) atoms. The molecule has 0 saturated carbocycles. The minimum Gasteiger partial charge on any atom is -0.493 e. The monoisotopic (exact) mass is 464 g/mol. The van der Waals surface area contributed by atoms with Gasteiger partial charge in [-0.15, -0.1) is 0 Å². The molecule has 0 heterocycles. The van der Waals surface area contributed by atoms with E-state index >= 15 is 0 Å². The Morgan fingerprint density at radius 3 is 2.00 bits per heavy atom. The van der Waals surface area contributed by atoms with Gasteiger partial charge < -0.3 is 28.4 Å². The molecule has 0 N–H and O–H groups in total. The Morgan fingerprint density at radius 2 is 1.38 bits per heavy atom. The first-order valence-electron chi connectivity index (χ1n) is 10.5. The topological polar surface area (TPSA) is 72.5 Å². The summed E-state index contributed by atoms with van der Waals surface area (Å²) in [7, 11) is 7.58. The van der Waals surface area contributed by atoms with Crippen LogP contribution in [-0.4, -0.2) is 41.3 Å². The number of hydrogen-bond acceptors (Lipinski definition) is 7. The lowest BCUT2D eigenvalue weighted by atomic mass is 10.0. The number of benzene rings is 3. The lowest BCUT2D eigenvalue weighted by molar-refractivity contribution is 0.103. The van der Waals surface area contributed by atoms with Gasteiger partial charge in [0.2, 0.25) is 5.75 Å². The summed E-state index contributed by atoms with van der Waals surface area (Å²) >= 11 is 0. The lowest BCUT2D eigenvalue weighted by Gasteiger charge is -2.18. The second kappa shape index (κ2) is 11.7. The molecule has 0 bridgehead atoms. The van der Waals surface area contributed by atoms with E-state index in [1.165, 1.54) is 27.4 Å². The fourth-order valence-corrected chi connectivity index (χ4v) is 3.43. The third-order valence-corrected chi connectivity index (χ3v) is 5.11. The SMILES string of the molecule is COc1ccc(/C=C/C(=O)c2c(OCc3ccccc3)cc(OC)c(OC)c2OC)cc1OC. The molecule has 0 radical (unpaired) electrons. The van der Waals surface area contributed by atoms with Crippen molar-refractivity contribution in [1.29, 1.82) is 0 Å². The maximum Gasteiger partial charge on any atom is 0.204 e. The Bertz CT molecular complexity index is 1150. The first-order chi connectivity index (χ1) is 16.6. The molecule has 0 spiro atoms. The Balaban J connectivity index is 2.01. The van der Waals surface area contributed by atoms with Crippen LogP contribution in [0.5, 0.6) is 34.5 Å². The molecule has 0 aromatic heterocycles. The van der Waals surface area contributed by atoms with Gasteiger partial charge in [-0.3, -0.25) is 4.79 Å². The van der Waals surface area contributed by atoms with Gasteiger partial charge >= 0.3 is 0 Å². The fourth-order valence-electron chi connectivity index (χ4n) is 3.43. The average Bonchev–Trinajstić information content (AvgIpc) is 2.89. The van der Waals surface area contributed by atoms with Crippen LogP contribution in [0.3, 0.4) is 0 Å². The minimum absolute atomic E-state index is 0.229. The van der Waals surface area contributed by atoms with E-state index in [-0.39, 0.29) is 23.7 Å². The molecule has 0 aliphatic carbocycles. The molecule has 3 rings (SSSR count). The van der Waals surface area contributed by atoms with Crippen LogP contribution in [0.1, 0.15) is 21.5 Å². The molecule has 7 nitrogen and oxygen atoms in total. The van der Waals surface area contributed by atoms with Crippen molar-refractivity contribution in [2.45, 2.75) is 6.61 Å². The van der Waals surface area contributed by atoms with Crippen LogP contribution in [0, 0.1) is 0 Å². The second-order valence-corrected chi connectivity index (χ2v) is 7.10. The highest BCUT2D eigenvalue weighted by atomic mass is 16.5. The van der Waals surface area contributed by atoms with Crippen molar-refractivity contribution in [3.8, 4) is 34.5 Å². The molecule has 3 aromatic rings. The summed E-state index contributed by atoms with van der Waals surface area (Å²) in [6, 6.07) is 16.7. The summed E-state index contributed by atoms with van der Waals surface area (Å²) in [5.41, 5.74) is 1.94. The molecule has 3 aromatic carbocycles. The number of hydrogen-bond donors (Lipinski definition) is 0. The number of carbonyl (C=O) groups excluding carboxylic acids is 1. The predicted molar refractivity (Wildman–Crippen MR) is 130 cm³/mol. The first-order valence-corrected chi connectivity index (χ1v) is 10.5. The lowest BCUT2D eigenvalue weighted by Crippen LogP contribution is -2.07. The zero-order valence-corrected chi connectivity index (χ0v) is 19.9. The van der Waals surface area contributed by atoms with Crippen molar-refractivity contribution >= 4 is 11.9 Å². The Kier molecular flexibility index (Phi) is 8.40. The van der Waals surface area contributed by atoms with E-state index in [2.05, 4.69) is 0 Å². The maximum absolute atomic E-state index is 13.4. The van der Waals surface area contributed by atoms with E-state index in [1.807, 2.05) is 36.4 Å². The average molecular weight is 465 g/mol. The van der Waals surface area contributed by atoms with Crippen molar-refractivity contribution < 1.29 is 33.2 Å². The first kappa shape index (κ1) is 24.5. The molecule has 0 saturated heterocycles. The van der Waals surface area contributed by atoms with Gasteiger partial charge in [-0.05, 0) is 29.3 Å². The molecule has 7 heteroatoms. The van der Waals surface area contributed by atoms with E-state index < -0.39 is 0 Å². The van der Waals surface area contributed by atoms with Crippen molar-refractivity contribution in [2.24, 2.45) is 0 Å². The number of rotatable bonds is 11. The largest absolute Gasteiger partial charge is 0.493 e. The standard InChI is InChI=1S/C27H28O7/c1-29-21-14-12-18(15-22(21)30-2)11-13-20(28)25-23(34-17-19-9-7-6-8-10-19)16-24(31-3)26(32-4)27(25)33-5/h6-16H,17H2,1-5H3/b13-11+. The van der Waals surface area contributed by atoms with Gasteiger partial charge in [-0.2, -0.15) is 0 Å². The summed E-state index contributed by atoms with van der Waals surface area (Å²) in [6.07, 6.45) is 3.13. The highest BCUT2D eigenvalue weighted by Gasteiger charge is 2.25. The zero-order valence-electron chi connectivity index (χ0n) is 19.9. The smallest absolute Gasteiger partial charge is 0.204 e. The van der Waals surface area contributed by atoms with E-state index in [0.717, 1.165) is 11.1 Å². The van der Waals surface area contributed by atoms with Gasteiger partial charge in [0.1, 0.15) is 17.9 Å². The molecule has 0 amide bonds. The summed E-state index contributed by atoms with van der Waals surface area (Å²) in [5.74, 6) is 2.09. The fraction of sp³-hybridized carbons (Fsp3) is 0.222. The van der Waals surface area contributed by atoms with Crippen LogP contribution in [0.25, 0.3) is 6.08 Å². The number of carbonyl (C=O) groups is 1. The van der Waals surface area contributed by atoms with Gasteiger partial charge in [0, 0.05) is 6.07 Å². The molecule has 0 fully saturated rings. The van der Waals surface area contributed by atoms with E-state index in [9.17, 15) is 4.79 Å². The summed E-state index contributed by atoms with van der Waals surface area (Å²) < 4.78 is 33.1. The van der Waals surface area contributed by atoms with E-state index in [0.29, 0.717) is 28.7 Å². The summed E-state index contributed by atoms with van der Waals surface area (Å²) in [4.78, 5) is 13.4. The number of allylic oxidation sites excluding steroid dienone is 1. The van der Waals surface area contributed by atoms with Gasteiger partial charge in [0.05, 0.1) is 35.5 Å².